The van der Waals surface area contributed by atoms with Crippen LogP contribution in [-0.2, 0) is 18.3 Å². The Hall–Kier alpha value is -0.980. The van der Waals surface area contributed by atoms with Gasteiger partial charge in [0.05, 0.1) is 0 Å². The second-order valence-electron chi connectivity index (χ2n) is 9.42. The van der Waals surface area contributed by atoms with Gasteiger partial charge in [0.25, 0.3) is 0 Å². The Morgan fingerprint density at radius 1 is 0.630 bits per heavy atom. The third kappa shape index (κ3) is 9.67. The number of hydrogen-bond donors (Lipinski definition) is 1. The van der Waals surface area contributed by atoms with Gasteiger partial charge in [-0.15, -0.1) is 0 Å². The molecule has 27 heavy (non-hydrogen) atoms. The SMILES string of the molecule is CCCCCCCCc1cc(O)cc(CCCCCCCC)c1C(C)(C)C. The van der Waals surface area contributed by atoms with Gasteiger partial charge in [0.1, 0.15) is 5.75 Å². The Morgan fingerprint density at radius 2 is 1.00 bits per heavy atom. The van der Waals surface area contributed by atoms with Crippen molar-refractivity contribution in [1.82, 2.24) is 0 Å². The third-order valence-corrected chi connectivity index (χ3v) is 5.64. The number of benzene rings is 1. The second kappa shape index (κ2) is 13.2. The smallest absolute Gasteiger partial charge is 0.116 e. The molecule has 0 aliphatic carbocycles. The summed E-state index contributed by atoms with van der Waals surface area (Å²) >= 11 is 0. The van der Waals surface area contributed by atoms with Crippen LogP contribution in [0.25, 0.3) is 0 Å². The zero-order valence-corrected chi connectivity index (χ0v) is 19.0. The molecule has 1 aromatic carbocycles. The van der Waals surface area contributed by atoms with Gasteiger partial charge >= 0.3 is 0 Å². The van der Waals surface area contributed by atoms with Crippen LogP contribution in [0, 0.1) is 0 Å². The Morgan fingerprint density at radius 3 is 1.37 bits per heavy atom. The normalized spacial score (nSPS) is 11.9. The number of phenolic OH excluding ortho intramolecular Hbond substituents is 1. The molecule has 0 aliphatic heterocycles. The molecule has 1 heteroatoms. The van der Waals surface area contributed by atoms with Gasteiger partial charge in [0.2, 0.25) is 0 Å². The number of aryl methyl sites for hydroxylation is 2. The molecule has 156 valence electrons. The number of unbranched alkanes of at least 4 members (excludes halogenated alkanes) is 10. The fourth-order valence-corrected chi connectivity index (χ4v) is 4.30. The molecule has 1 rings (SSSR count). The van der Waals surface area contributed by atoms with Crippen molar-refractivity contribution < 1.29 is 5.11 Å². The molecule has 0 amide bonds. The zero-order chi connectivity index (χ0) is 20.1. The summed E-state index contributed by atoms with van der Waals surface area (Å²) in [5.41, 5.74) is 4.42. The van der Waals surface area contributed by atoms with Gasteiger partial charge in [-0.3, -0.25) is 0 Å². The Balaban J connectivity index is 2.73. The maximum Gasteiger partial charge on any atom is 0.116 e. The lowest BCUT2D eigenvalue weighted by Crippen LogP contribution is -2.17. The van der Waals surface area contributed by atoms with Crippen LogP contribution in [-0.4, -0.2) is 5.11 Å². The van der Waals surface area contributed by atoms with Gasteiger partial charge in [0, 0.05) is 0 Å². The highest BCUT2D eigenvalue weighted by Gasteiger charge is 2.22. The maximum absolute atomic E-state index is 10.3. The molecule has 0 radical (unpaired) electrons. The standard InChI is InChI=1S/C26H46O/c1-6-8-10-12-14-16-18-22-20-24(27)21-23(25(22)26(3,4)5)19-17-15-13-11-9-7-2/h20-21,27H,6-19H2,1-5H3. The van der Waals surface area contributed by atoms with Crippen LogP contribution < -0.4 is 0 Å². The maximum atomic E-state index is 10.3. The Labute approximate surface area is 170 Å². The summed E-state index contributed by atoms with van der Waals surface area (Å²) < 4.78 is 0. The van der Waals surface area contributed by atoms with E-state index < -0.39 is 0 Å². The lowest BCUT2D eigenvalue weighted by atomic mass is 9.78. The van der Waals surface area contributed by atoms with E-state index in [1.54, 1.807) is 0 Å². The van der Waals surface area contributed by atoms with Crippen LogP contribution in [0.4, 0.5) is 0 Å². The topological polar surface area (TPSA) is 20.2 Å². The number of hydrogen-bond acceptors (Lipinski definition) is 1. The summed E-state index contributed by atoms with van der Waals surface area (Å²) in [6.07, 6.45) is 18.1. The lowest BCUT2D eigenvalue weighted by Gasteiger charge is -2.27. The van der Waals surface area contributed by atoms with E-state index in [0.717, 1.165) is 12.8 Å². The molecule has 0 bridgehead atoms. The van der Waals surface area contributed by atoms with Crippen molar-refractivity contribution in [2.75, 3.05) is 0 Å². The molecule has 1 nitrogen and oxygen atoms in total. The molecule has 0 spiro atoms. The van der Waals surface area contributed by atoms with Crippen LogP contribution in [0.2, 0.25) is 0 Å². The fraction of sp³-hybridized carbons (Fsp3) is 0.769. The molecular weight excluding hydrogens is 328 g/mol. The minimum absolute atomic E-state index is 0.142. The van der Waals surface area contributed by atoms with Gasteiger partial charge in [0.15, 0.2) is 0 Å². The average molecular weight is 375 g/mol. The first-order valence-corrected chi connectivity index (χ1v) is 11.7. The monoisotopic (exact) mass is 374 g/mol. The third-order valence-electron chi connectivity index (χ3n) is 5.64. The highest BCUT2D eigenvalue weighted by atomic mass is 16.3. The molecule has 1 N–H and O–H groups in total. The molecule has 0 atom stereocenters. The fourth-order valence-electron chi connectivity index (χ4n) is 4.30. The van der Waals surface area contributed by atoms with E-state index in [4.69, 9.17) is 0 Å². The van der Waals surface area contributed by atoms with E-state index in [9.17, 15) is 5.11 Å². The van der Waals surface area contributed by atoms with Gasteiger partial charge in [-0.25, -0.2) is 0 Å². The first-order chi connectivity index (χ1) is 12.9. The molecule has 1 aromatic rings. The van der Waals surface area contributed by atoms with Crippen LogP contribution in [0.3, 0.4) is 0 Å². The van der Waals surface area contributed by atoms with Crippen molar-refractivity contribution in [3.63, 3.8) is 0 Å². The number of aromatic hydroxyl groups is 1. The minimum atomic E-state index is 0.142. The lowest BCUT2D eigenvalue weighted by molar-refractivity contribution is 0.470. The van der Waals surface area contributed by atoms with Crippen LogP contribution in [0.1, 0.15) is 128 Å². The van der Waals surface area contributed by atoms with Crippen LogP contribution in [0.5, 0.6) is 5.75 Å². The van der Waals surface area contributed by atoms with Gasteiger partial charge in [-0.05, 0) is 59.9 Å². The van der Waals surface area contributed by atoms with Crippen molar-refractivity contribution in [1.29, 1.82) is 0 Å². The Kier molecular flexibility index (Phi) is 11.8. The quantitative estimate of drug-likeness (QED) is 0.324. The van der Waals surface area contributed by atoms with E-state index in [1.807, 2.05) is 12.1 Å². The molecule has 0 heterocycles. The predicted molar refractivity (Wildman–Crippen MR) is 121 cm³/mol. The van der Waals surface area contributed by atoms with Gasteiger partial charge in [-0.2, -0.15) is 0 Å². The molecule has 0 saturated heterocycles. The molecule has 0 fully saturated rings. The summed E-state index contributed by atoms with van der Waals surface area (Å²) in [5, 5.41) is 10.3. The number of rotatable bonds is 14. The van der Waals surface area contributed by atoms with Gasteiger partial charge in [-0.1, -0.05) is 98.8 Å². The van der Waals surface area contributed by atoms with Gasteiger partial charge < -0.3 is 5.11 Å². The van der Waals surface area contributed by atoms with Crippen LogP contribution >= 0.6 is 0 Å². The van der Waals surface area contributed by atoms with Crippen LogP contribution in [0.15, 0.2) is 12.1 Å². The highest BCUT2D eigenvalue weighted by molar-refractivity contribution is 5.45. The molecule has 0 aliphatic rings. The average Bonchev–Trinajstić information content (AvgIpc) is 2.59. The molecular formula is C26H46O. The summed E-state index contributed by atoms with van der Waals surface area (Å²) in [6, 6.07) is 4.08. The first-order valence-electron chi connectivity index (χ1n) is 11.7. The zero-order valence-electron chi connectivity index (χ0n) is 19.0. The minimum Gasteiger partial charge on any atom is -0.508 e. The predicted octanol–water partition coefficient (Wildman–Crippen LogP) is 8.50. The summed E-state index contributed by atoms with van der Waals surface area (Å²) in [7, 11) is 0. The second-order valence-corrected chi connectivity index (χ2v) is 9.42. The van der Waals surface area contributed by atoms with E-state index in [0.29, 0.717) is 5.75 Å². The first kappa shape index (κ1) is 24.1. The van der Waals surface area contributed by atoms with E-state index in [1.165, 1.54) is 93.7 Å². The van der Waals surface area contributed by atoms with Crippen molar-refractivity contribution in [2.45, 2.75) is 130 Å². The van der Waals surface area contributed by atoms with E-state index in [-0.39, 0.29) is 5.41 Å². The number of phenols is 1. The molecule has 0 aromatic heterocycles. The Bertz CT molecular complexity index is 472. The molecule has 0 unspecified atom stereocenters. The van der Waals surface area contributed by atoms with Crippen molar-refractivity contribution in [3.8, 4) is 5.75 Å². The van der Waals surface area contributed by atoms with E-state index >= 15 is 0 Å². The van der Waals surface area contributed by atoms with E-state index in [2.05, 4.69) is 34.6 Å². The summed E-state index contributed by atoms with van der Waals surface area (Å²) in [5.74, 6) is 0.463. The summed E-state index contributed by atoms with van der Waals surface area (Å²) in [4.78, 5) is 0. The summed E-state index contributed by atoms with van der Waals surface area (Å²) in [6.45, 7) is 11.5. The van der Waals surface area contributed by atoms with Crippen molar-refractivity contribution in [2.24, 2.45) is 0 Å². The van der Waals surface area contributed by atoms with Crippen molar-refractivity contribution >= 4 is 0 Å². The van der Waals surface area contributed by atoms with Crippen molar-refractivity contribution in [3.05, 3.63) is 28.8 Å². The largest absolute Gasteiger partial charge is 0.508 e. The highest BCUT2D eigenvalue weighted by Crippen LogP contribution is 2.34. The molecule has 0 saturated carbocycles.